The largest absolute Gasteiger partial charge is 0.375 e. The first-order chi connectivity index (χ1) is 6.25. The summed E-state index contributed by atoms with van der Waals surface area (Å²) >= 11 is 1.57. The van der Waals surface area contributed by atoms with E-state index in [1.807, 2.05) is 0 Å². The number of nitrogen functional groups attached to an aromatic ring is 1. The fraction of sp³-hybridized carbons (Fsp3) is 0.700. The van der Waals surface area contributed by atoms with E-state index in [0.29, 0.717) is 11.0 Å². The molecule has 0 radical (unpaired) electrons. The Kier molecular flexibility index (Phi) is 2.54. The number of anilines is 1. The van der Waals surface area contributed by atoms with E-state index in [4.69, 9.17) is 5.73 Å². The van der Waals surface area contributed by atoms with Gasteiger partial charge in [-0.2, -0.15) is 0 Å². The Hall–Kier alpha value is -0.570. The number of thiazole rings is 1. The molecule has 1 aromatic heterocycles. The molecule has 2 N–H and O–H groups in total. The molecule has 0 saturated heterocycles. The van der Waals surface area contributed by atoms with Gasteiger partial charge < -0.3 is 5.73 Å². The highest BCUT2D eigenvalue weighted by Crippen LogP contribution is 2.35. The van der Waals surface area contributed by atoms with Crippen LogP contribution in [0.1, 0.15) is 44.2 Å². The topological polar surface area (TPSA) is 38.9 Å². The summed E-state index contributed by atoms with van der Waals surface area (Å²) in [6.07, 6.45) is 5.29. The van der Waals surface area contributed by atoms with Crippen LogP contribution in [0.15, 0.2) is 5.38 Å². The Balaban J connectivity index is 2.02. The van der Waals surface area contributed by atoms with Gasteiger partial charge in [0.2, 0.25) is 0 Å². The number of nitrogens with two attached hydrogens (primary N) is 1. The van der Waals surface area contributed by atoms with Gasteiger partial charge in [-0.1, -0.05) is 19.8 Å². The van der Waals surface area contributed by atoms with Crippen LogP contribution in [0.3, 0.4) is 0 Å². The molecule has 1 saturated carbocycles. The summed E-state index contributed by atoms with van der Waals surface area (Å²) in [5, 5.41) is 2.84. The van der Waals surface area contributed by atoms with Crippen LogP contribution in [0.25, 0.3) is 0 Å². The highest BCUT2D eigenvalue weighted by molar-refractivity contribution is 7.13. The van der Waals surface area contributed by atoms with Crippen molar-refractivity contribution in [2.75, 3.05) is 5.73 Å². The Morgan fingerprint density at radius 2 is 2.08 bits per heavy atom. The molecule has 1 heterocycles. The maximum Gasteiger partial charge on any atom is 0.180 e. The van der Waals surface area contributed by atoms with Crippen molar-refractivity contribution in [2.24, 2.45) is 5.92 Å². The van der Waals surface area contributed by atoms with Crippen molar-refractivity contribution in [2.45, 2.75) is 38.5 Å². The molecule has 1 fully saturated rings. The van der Waals surface area contributed by atoms with Crippen LogP contribution < -0.4 is 5.73 Å². The molecule has 0 aliphatic heterocycles. The van der Waals surface area contributed by atoms with Gasteiger partial charge in [0.05, 0.1) is 5.69 Å². The fourth-order valence-corrected chi connectivity index (χ4v) is 2.69. The first-order valence-electron chi connectivity index (χ1n) is 4.96. The van der Waals surface area contributed by atoms with Gasteiger partial charge >= 0.3 is 0 Å². The van der Waals surface area contributed by atoms with Crippen molar-refractivity contribution in [3.05, 3.63) is 11.1 Å². The zero-order valence-corrected chi connectivity index (χ0v) is 8.81. The summed E-state index contributed by atoms with van der Waals surface area (Å²) in [6, 6.07) is 0. The highest BCUT2D eigenvalue weighted by Gasteiger charge is 2.21. The molecule has 13 heavy (non-hydrogen) atoms. The van der Waals surface area contributed by atoms with Crippen molar-refractivity contribution >= 4 is 16.5 Å². The second-order valence-electron chi connectivity index (χ2n) is 4.07. The fourth-order valence-electron chi connectivity index (χ4n) is 2.04. The molecule has 0 aromatic carbocycles. The van der Waals surface area contributed by atoms with E-state index in [9.17, 15) is 0 Å². The molecule has 2 rings (SSSR count). The van der Waals surface area contributed by atoms with E-state index in [-0.39, 0.29) is 0 Å². The van der Waals surface area contributed by atoms with Crippen molar-refractivity contribution in [1.82, 2.24) is 4.98 Å². The zero-order chi connectivity index (χ0) is 9.26. The number of hydrogen-bond donors (Lipinski definition) is 1. The van der Waals surface area contributed by atoms with Crippen molar-refractivity contribution < 1.29 is 0 Å². The van der Waals surface area contributed by atoms with Crippen LogP contribution in [0.2, 0.25) is 0 Å². The molecule has 1 aliphatic rings. The zero-order valence-electron chi connectivity index (χ0n) is 7.99. The molecule has 0 unspecified atom stereocenters. The summed E-state index contributed by atoms with van der Waals surface area (Å²) in [4.78, 5) is 4.36. The van der Waals surface area contributed by atoms with Crippen LogP contribution in [-0.2, 0) is 0 Å². The number of aromatic nitrogens is 1. The number of hydrogen-bond acceptors (Lipinski definition) is 3. The molecule has 0 bridgehead atoms. The van der Waals surface area contributed by atoms with Gasteiger partial charge in [-0.25, -0.2) is 4.98 Å². The first kappa shape index (κ1) is 9.00. The van der Waals surface area contributed by atoms with Crippen molar-refractivity contribution in [1.29, 1.82) is 0 Å². The number of nitrogens with zero attached hydrogens (tertiary/aromatic N) is 1. The molecule has 1 aromatic rings. The summed E-state index contributed by atoms with van der Waals surface area (Å²) in [5.41, 5.74) is 6.85. The van der Waals surface area contributed by atoms with Crippen LogP contribution in [-0.4, -0.2) is 4.98 Å². The van der Waals surface area contributed by atoms with Gasteiger partial charge in [0.1, 0.15) is 0 Å². The van der Waals surface area contributed by atoms with Crippen LogP contribution in [0.5, 0.6) is 0 Å². The molecule has 1 aliphatic carbocycles. The van der Waals surface area contributed by atoms with E-state index in [0.717, 1.165) is 5.92 Å². The standard InChI is InChI=1S/C10H16N2S/c1-7-2-4-8(5-3-7)9-6-13-10(11)12-9/h6-8H,2-5H2,1H3,(H2,11,12). The van der Waals surface area contributed by atoms with Gasteiger partial charge in [0.15, 0.2) is 5.13 Å². The molecule has 2 nitrogen and oxygen atoms in total. The summed E-state index contributed by atoms with van der Waals surface area (Å²) in [6.45, 7) is 2.34. The third kappa shape index (κ3) is 2.02. The predicted octanol–water partition coefficient (Wildman–Crippen LogP) is 3.02. The molecule has 72 valence electrons. The Labute approximate surface area is 83.2 Å². The van der Waals surface area contributed by atoms with Crippen LogP contribution >= 0.6 is 11.3 Å². The minimum atomic E-state index is 0.685. The van der Waals surface area contributed by atoms with E-state index in [1.54, 1.807) is 11.3 Å². The molecule has 0 spiro atoms. The second kappa shape index (κ2) is 3.66. The lowest BCUT2D eigenvalue weighted by Gasteiger charge is -2.24. The lowest BCUT2D eigenvalue weighted by Crippen LogP contribution is -2.11. The summed E-state index contributed by atoms with van der Waals surface area (Å²) in [5.74, 6) is 1.59. The third-order valence-corrected chi connectivity index (χ3v) is 3.67. The van der Waals surface area contributed by atoms with E-state index in [1.165, 1.54) is 31.4 Å². The van der Waals surface area contributed by atoms with Gasteiger partial charge in [-0.15, -0.1) is 11.3 Å². The quantitative estimate of drug-likeness (QED) is 0.750. The maximum absolute atomic E-state index is 5.62. The van der Waals surface area contributed by atoms with E-state index < -0.39 is 0 Å². The van der Waals surface area contributed by atoms with Crippen LogP contribution in [0.4, 0.5) is 5.13 Å². The molecule has 0 atom stereocenters. The minimum Gasteiger partial charge on any atom is -0.375 e. The Bertz CT molecular complexity index is 274. The van der Waals surface area contributed by atoms with Gasteiger partial charge in [-0.05, 0) is 18.8 Å². The molecule has 3 heteroatoms. The molecular weight excluding hydrogens is 180 g/mol. The van der Waals surface area contributed by atoms with Crippen molar-refractivity contribution in [3.63, 3.8) is 0 Å². The third-order valence-electron chi connectivity index (χ3n) is 2.97. The van der Waals surface area contributed by atoms with Crippen molar-refractivity contribution in [3.8, 4) is 0 Å². The summed E-state index contributed by atoms with van der Waals surface area (Å²) in [7, 11) is 0. The first-order valence-corrected chi connectivity index (χ1v) is 5.84. The van der Waals surface area contributed by atoms with Crippen LogP contribution in [0, 0.1) is 5.92 Å². The molecule has 0 amide bonds. The lowest BCUT2D eigenvalue weighted by atomic mass is 9.82. The molecular formula is C10H16N2S. The SMILES string of the molecule is CC1CCC(c2csc(N)n2)CC1. The number of rotatable bonds is 1. The minimum absolute atomic E-state index is 0.685. The summed E-state index contributed by atoms with van der Waals surface area (Å²) < 4.78 is 0. The monoisotopic (exact) mass is 196 g/mol. The lowest BCUT2D eigenvalue weighted by molar-refractivity contribution is 0.345. The highest BCUT2D eigenvalue weighted by atomic mass is 32.1. The van der Waals surface area contributed by atoms with Gasteiger partial charge in [-0.3, -0.25) is 0 Å². The Morgan fingerprint density at radius 1 is 1.38 bits per heavy atom. The van der Waals surface area contributed by atoms with Gasteiger partial charge in [0.25, 0.3) is 0 Å². The predicted molar refractivity (Wildman–Crippen MR) is 56.9 cm³/mol. The smallest absolute Gasteiger partial charge is 0.180 e. The average molecular weight is 196 g/mol. The second-order valence-corrected chi connectivity index (χ2v) is 4.96. The van der Waals surface area contributed by atoms with E-state index >= 15 is 0 Å². The normalized spacial score (nSPS) is 29.0. The maximum atomic E-state index is 5.62. The van der Waals surface area contributed by atoms with E-state index in [2.05, 4.69) is 17.3 Å². The van der Waals surface area contributed by atoms with Gasteiger partial charge in [0, 0.05) is 11.3 Å². The average Bonchev–Trinajstić information content (AvgIpc) is 2.53. The Morgan fingerprint density at radius 3 is 2.62 bits per heavy atom.